The molecule has 11 heteroatoms. The van der Waals surface area contributed by atoms with Gasteiger partial charge < -0.3 is 25.3 Å². The van der Waals surface area contributed by atoms with Crippen molar-refractivity contribution in [3.05, 3.63) is 64.6 Å². The third-order valence-electron chi connectivity index (χ3n) is 9.61. The number of halogens is 1. The zero-order valence-electron chi connectivity index (χ0n) is 27.6. The van der Waals surface area contributed by atoms with Crippen molar-refractivity contribution in [2.24, 2.45) is 0 Å². The second kappa shape index (κ2) is 12.2. The van der Waals surface area contributed by atoms with E-state index >= 15 is 0 Å². The first kappa shape index (κ1) is 32.5. The molecule has 0 saturated carbocycles. The molecule has 2 atom stereocenters. The van der Waals surface area contributed by atoms with Crippen LogP contribution < -0.4 is 16.0 Å². The standard InChI is InChI=1S/C34H44FN7O2Si/c1-21-13-27(35)25(31(43)39-24-10-12-42(6)18-24)16-29(21)41-32-37-11-9-28(40-32)22-14-23(17-36)30-26(15-22)34(5,19-38-30)20-44-45(7,8)33(2,3)4/h9,11,13-16,24,38H,10,12,18-20H2,1-8H3,(H,39,43)(H,37,40,41)/t24?,34-/m1/s1. The number of amides is 1. The normalized spacial score (nSPS) is 20.0. The number of aromatic nitrogens is 2. The Hall–Kier alpha value is -3.85. The molecule has 9 nitrogen and oxygen atoms in total. The van der Waals surface area contributed by atoms with Gasteiger partial charge in [-0.1, -0.05) is 27.7 Å². The lowest BCUT2D eigenvalue weighted by molar-refractivity contribution is 0.0934. The number of anilines is 3. The van der Waals surface area contributed by atoms with E-state index in [0.29, 0.717) is 41.6 Å². The van der Waals surface area contributed by atoms with E-state index in [1.807, 2.05) is 13.1 Å². The molecule has 45 heavy (non-hydrogen) atoms. The number of carbonyl (C=O) groups excluding carboxylic acids is 1. The Kier molecular flexibility index (Phi) is 8.79. The van der Waals surface area contributed by atoms with Crippen molar-refractivity contribution in [1.29, 1.82) is 5.26 Å². The van der Waals surface area contributed by atoms with Crippen molar-refractivity contribution in [3.63, 3.8) is 0 Å². The summed E-state index contributed by atoms with van der Waals surface area (Å²) in [5, 5.41) is 19.7. The summed E-state index contributed by atoms with van der Waals surface area (Å²) >= 11 is 0. The van der Waals surface area contributed by atoms with Crippen molar-refractivity contribution in [2.75, 3.05) is 43.9 Å². The lowest BCUT2D eigenvalue weighted by atomic mass is 9.83. The van der Waals surface area contributed by atoms with Crippen molar-refractivity contribution >= 4 is 31.5 Å². The molecule has 2 aliphatic heterocycles. The smallest absolute Gasteiger partial charge is 0.254 e. The van der Waals surface area contributed by atoms with Gasteiger partial charge in [0.15, 0.2) is 8.32 Å². The van der Waals surface area contributed by atoms with E-state index < -0.39 is 20.0 Å². The van der Waals surface area contributed by atoms with Crippen LogP contribution >= 0.6 is 0 Å². The molecule has 238 valence electrons. The molecular formula is C34H44FN7O2Si. The van der Waals surface area contributed by atoms with Gasteiger partial charge in [-0.3, -0.25) is 4.79 Å². The summed E-state index contributed by atoms with van der Waals surface area (Å²) in [7, 11) is 0.0100. The van der Waals surface area contributed by atoms with Gasteiger partial charge in [0.25, 0.3) is 5.91 Å². The molecular weight excluding hydrogens is 586 g/mol. The highest BCUT2D eigenvalue weighted by Gasteiger charge is 2.42. The summed E-state index contributed by atoms with van der Waals surface area (Å²) in [6.45, 7) is 18.0. The van der Waals surface area contributed by atoms with Crippen LogP contribution in [0.15, 0.2) is 36.5 Å². The Morgan fingerprint density at radius 1 is 1.29 bits per heavy atom. The number of carbonyl (C=O) groups is 1. The average Bonchev–Trinajstić information content (AvgIpc) is 3.54. The number of fused-ring (bicyclic) bond motifs is 1. The maximum absolute atomic E-state index is 14.9. The Labute approximate surface area is 266 Å². The highest BCUT2D eigenvalue weighted by Crippen LogP contribution is 2.44. The molecule has 0 aliphatic carbocycles. The number of nitriles is 1. The summed E-state index contributed by atoms with van der Waals surface area (Å²) in [6, 6.07) is 10.9. The van der Waals surface area contributed by atoms with Gasteiger partial charge in [0, 0.05) is 48.6 Å². The fraction of sp³-hybridized carbons (Fsp3) is 0.471. The molecule has 0 bridgehead atoms. The fourth-order valence-corrected chi connectivity index (χ4v) is 6.72. The van der Waals surface area contributed by atoms with Crippen LogP contribution in [0.3, 0.4) is 0 Å². The van der Waals surface area contributed by atoms with E-state index in [9.17, 15) is 14.4 Å². The Balaban J connectivity index is 1.41. The minimum atomic E-state index is -1.99. The van der Waals surface area contributed by atoms with E-state index in [1.54, 1.807) is 19.2 Å². The van der Waals surface area contributed by atoms with E-state index in [-0.39, 0.29) is 22.1 Å². The quantitative estimate of drug-likeness (QED) is 0.247. The van der Waals surface area contributed by atoms with E-state index in [4.69, 9.17) is 9.41 Å². The van der Waals surface area contributed by atoms with Gasteiger partial charge in [-0.25, -0.2) is 14.4 Å². The maximum Gasteiger partial charge on any atom is 0.254 e. The number of likely N-dealkylation sites (N-methyl/N-ethyl adjacent to an activating group) is 1. The van der Waals surface area contributed by atoms with Crippen molar-refractivity contribution in [1.82, 2.24) is 20.2 Å². The van der Waals surface area contributed by atoms with Crippen LogP contribution in [0, 0.1) is 24.1 Å². The van der Waals surface area contributed by atoms with E-state index in [2.05, 4.69) is 78.8 Å². The summed E-state index contributed by atoms with van der Waals surface area (Å²) in [5.74, 6) is -0.720. The highest BCUT2D eigenvalue weighted by atomic mass is 28.4. The molecule has 0 radical (unpaired) electrons. The Bertz CT molecular complexity index is 1670. The number of aryl methyl sites for hydroxylation is 1. The second-order valence-corrected chi connectivity index (χ2v) is 19.1. The molecule has 1 saturated heterocycles. The maximum atomic E-state index is 14.9. The van der Waals surface area contributed by atoms with E-state index in [1.165, 1.54) is 12.1 Å². The van der Waals surface area contributed by atoms with Crippen molar-refractivity contribution < 1.29 is 13.6 Å². The number of hydrogen-bond acceptors (Lipinski definition) is 8. The number of likely N-dealkylation sites (tertiary alicyclic amines) is 1. The predicted molar refractivity (Wildman–Crippen MR) is 179 cm³/mol. The third kappa shape index (κ3) is 6.73. The predicted octanol–water partition coefficient (Wildman–Crippen LogP) is 6.35. The van der Waals surface area contributed by atoms with Gasteiger partial charge in [-0.2, -0.15) is 5.26 Å². The van der Waals surface area contributed by atoms with Crippen LogP contribution in [0.25, 0.3) is 11.3 Å². The van der Waals surface area contributed by atoms with Crippen molar-refractivity contribution in [2.45, 2.75) is 70.6 Å². The first-order valence-electron chi connectivity index (χ1n) is 15.5. The molecule has 3 N–H and O–H groups in total. The number of nitrogens with zero attached hydrogens (tertiary/aromatic N) is 4. The molecule has 1 unspecified atom stereocenters. The van der Waals surface area contributed by atoms with E-state index in [0.717, 1.165) is 36.3 Å². The zero-order valence-corrected chi connectivity index (χ0v) is 28.6. The van der Waals surface area contributed by atoms with Gasteiger partial charge in [-0.05, 0) is 86.5 Å². The molecule has 1 fully saturated rings. The summed E-state index contributed by atoms with van der Waals surface area (Å²) in [6.07, 6.45) is 2.47. The topological polar surface area (TPSA) is 115 Å². The molecule has 2 aliphatic rings. The van der Waals surface area contributed by atoms with Crippen LogP contribution in [0.5, 0.6) is 0 Å². The monoisotopic (exact) mass is 629 g/mol. The summed E-state index contributed by atoms with van der Waals surface area (Å²) < 4.78 is 21.6. The van der Waals surface area contributed by atoms with Crippen LogP contribution in [0.4, 0.5) is 21.7 Å². The Morgan fingerprint density at radius 3 is 2.71 bits per heavy atom. The Morgan fingerprint density at radius 2 is 2.04 bits per heavy atom. The fourth-order valence-electron chi connectivity index (χ4n) is 5.61. The number of benzene rings is 2. The van der Waals surface area contributed by atoms with Crippen LogP contribution in [0.2, 0.25) is 18.1 Å². The minimum absolute atomic E-state index is 0.0130. The lowest BCUT2D eigenvalue weighted by Gasteiger charge is -2.39. The average molecular weight is 630 g/mol. The summed E-state index contributed by atoms with van der Waals surface area (Å²) in [5.41, 5.74) is 4.64. The van der Waals surface area contributed by atoms with Gasteiger partial charge in [0.1, 0.15) is 11.9 Å². The van der Waals surface area contributed by atoms with Crippen LogP contribution in [-0.4, -0.2) is 68.4 Å². The van der Waals surface area contributed by atoms with Crippen LogP contribution in [0.1, 0.15) is 61.2 Å². The van der Waals surface area contributed by atoms with Crippen molar-refractivity contribution in [3.8, 4) is 17.3 Å². The zero-order chi connectivity index (χ0) is 32.7. The number of nitrogens with one attached hydrogen (secondary N) is 3. The number of hydrogen-bond donors (Lipinski definition) is 3. The SMILES string of the molecule is Cc1cc(F)c(C(=O)NC2CCN(C)C2)cc1Nc1nccc(-c2cc(C#N)c3c(c2)[C@@](C)(CO[Si](C)(C)C(C)(C)C)CN3)n1. The van der Waals surface area contributed by atoms with Gasteiger partial charge in [-0.15, -0.1) is 0 Å². The molecule has 2 aromatic carbocycles. The van der Waals surface area contributed by atoms with Gasteiger partial charge in [0.2, 0.25) is 5.95 Å². The lowest BCUT2D eigenvalue weighted by Crippen LogP contribution is -2.45. The molecule has 0 spiro atoms. The second-order valence-electron chi connectivity index (χ2n) is 14.3. The number of rotatable bonds is 8. The molecule has 3 heterocycles. The largest absolute Gasteiger partial charge is 0.416 e. The summed E-state index contributed by atoms with van der Waals surface area (Å²) in [4.78, 5) is 24.3. The molecule has 1 amide bonds. The highest BCUT2D eigenvalue weighted by molar-refractivity contribution is 6.74. The van der Waals surface area contributed by atoms with Gasteiger partial charge >= 0.3 is 0 Å². The molecule has 3 aromatic rings. The minimum Gasteiger partial charge on any atom is -0.416 e. The first-order chi connectivity index (χ1) is 21.1. The third-order valence-corrected chi connectivity index (χ3v) is 14.1. The molecule has 1 aromatic heterocycles. The van der Waals surface area contributed by atoms with Gasteiger partial charge in [0.05, 0.1) is 22.5 Å². The first-order valence-corrected chi connectivity index (χ1v) is 18.4. The molecule has 5 rings (SSSR count). The van der Waals surface area contributed by atoms with Crippen LogP contribution in [-0.2, 0) is 9.84 Å².